The molecule has 116 valence electrons. The van der Waals surface area contributed by atoms with Crippen LogP contribution in [0, 0.1) is 5.92 Å². The third-order valence-electron chi connectivity index (χ3n) is 3.59. The van der Waals surface area contributed by atoms with Gasteiger partial charge in [-0.15, -0.1) is 0 Å². The Morgan fingerprint density at radius 1 is 1.24 bits per heavy atom. The molecule has 0 atom stereocenters. The van der Waals surface area contributed by atoms with Crippen LogP contribution >= 0.6 is 0 Å². The number of carbonyl (C=O) groups is 1. The molecule has 1 N–H and O–H groups in total. The lowest BCUT2D eigenvalue weighted by atomic mass is 9.97. The molecule has 0 unspecified atom stereocenters. The summed E-state index contributed by atoms with van der Waals surface area (Å²) >= 11 is 0. The summed E-state index contributed by atoms with van der Waals surface area (Å²) in [4.78, 5) is 12.1. The Balaban J connectivity index is 2.29. The van der Waals surface area contributed by atoms with Crippen molar-refractivity contribution < 1.29 is 27.1 Å². The minimum Gasteiger partial charge on any atom is -0.481 e. The van der Waals surface area contributed by atoms with Gasteiger partial charge in [-0.3, -0.25) is 4.79 Å². The summed E-state index contributed by atoms with van der Waals surface area (Å²) in [6.07, 6.45) is 0.719. The van der Waals surface area contributed by atoms with Gasteiger partial charge in [0, 0.05) is 13.1 Å². The first-order valence-electron chi connectivity index (χ1n) is 6.43. The Bertz CT molecular complexity index is 625. The van der Waals surface area contributed by atoms with Gasteiger partial charge in [-0.2, -0.15) is 8.78 Å². The van der Waals surface area contributed by atoms with Gasteiger partial charge in [-0.05, 0) is 25.0 Å². The molecule has 1 fully saturated rings. The van der Waals surface area contributed by atoms with Crippen LogP contribution in [0.2, 0.25) is 0 Å². The van der Waals surface area contributed by atoms with Gasteiger partial charge in [0.2, 0.25) is 9.84 Å². The smallest absolute Gasteiger partial charge is 0.341 e. The fraction of sp³-hybridized carbons (Fsp3) is 0.462. The molecule has 0 aliphatic carbocycles. The molecule has 0 spiro atoms. The molecule has 1 heterocycles. The quantitative estimate of drug-likeness (QED) is 0.918. The molecule has 5 nitrogen and oxygen atoms in total. The van der Waals surface area contributed by atoms with Crippen molar-refractivity contribution >= 4 is 21.5 Å². The maximum Gasteiger partial charge on any atom is 0.341 e. The van der Waals surface area contributed by atoms with Gasteiger partial charge in [-0.25, -0.2) is 8.42 Å². The zero-order valence-corrected chi connectivity index (χ0v) is 11.9. The molecule has 0 saturated carbocycles. The summed E-state index contributed by atoms with van der Waals surface area (Å²) in [6.45, 7) is 0.652. The van der Waals surface area contributed by atoms with Gasteiger partial charge in [-0.1, -0.05) is 12.1 Å². The molecule has 1 aromatic carbocycles. The molecular weight excluding hydrogens is 304 g/mol. The fourth-order valence-electron chi connectivity index (χ4n) is 2.42. The van der Waals surface area contributed by atoms with Crippen molar-refractivity contribution in [3.63, 3.8) is 0 Å². The van der Waals surface area contributed by atoms with Gasteiger partial charge in [0.1, 0.15) is 0 Å². The van der Waals surface area contributed by atoms with Crippen LogP contribution < -0.4 is 4.90 Å². The molecule has 1 aliphatic heterocycles. The zero-order chi connectivity index (χ0) is 15.6. The van der Waals surface area contributed by atoms with Crippen molar-refractivity contribution in [1.82, 2.24) is 0 Å². The molecule has 1 saturated heterocycles. The number of alkyl halides is 2. The van der Waals surface area contributed by atoms with Crippen molar-refractivity contribution in [1.29, 1.82) is 0 Å². The predicted molar refractivity (Wildman–Crippen MR) is 72.2 cm³/mol. The summed E-state index contributed by atoms with van der Waals surface area (Å²) in [6, 6.07) is 5.59. The molecule has 21 heavy (non-hydrogen) atoms. The number of hydrogen-bond acceptors (Lipinski definition) is 4. The highest BCUT2D eigenvalue weighted by atomic mass is 32.2. The largest absolute Gasteiger partial charge is 0.481 e. The summed E-state index contributed by atoms with van der Waals surface area (Å²) in [7, 11) is -4.68. The van der Waals surface area contributed by atoms with E-state index in [1.165, 1.54) is 12.1 Å². The third-order valence-corrected chi connectivity index (χ3v) is 5.02. The summed E-state index contributed by atoms with van der Waals surface area (Å²) in [5.41, 5.74) is 0.210. The molecular formula is C13H15F2NO4S. The minimum atomic E-state index is -4.68. The fourth-order valence-corrected chi connectivity index (χ4v) is 3.37. The predicted octanol–water partition coefficient (Wildman–Crippen LogP) is 1.98. The zero-order valence-electron chi connectivity index (χ0n) is 11.1. The number of rotatable bonds is 4. The van der Waals surface area contributed by atoms with E-state index in [1.807, 2.05) is 0 Å². The highest BCUT2D eigenvalue weighted by Gasteiger charge is 2.32. The van der Waals surface area contributed by atoms with Crippen LogP contribution in [0.4, 0.5) is 14.5 Å². The van der Waals surface area contributed by atoms with Crippen LogP contribution in [0.25, 0.3) is 0 Å². The van der Waals surface area contributed by atoms with Crippen molar-refractivity contribution in [2.45, 2.75) is 23.5 Å². The van der Waals surface area contributed by atoms with E-state index >= 15 is 0 Å². The topological polar surface area (TPSA) is 74.7 Å². The van der Waals surface area contributed by atoms with Crippen LogP contribution in [-0.4, -0.2) is 38.3 Å². The van der Waals surface area contributed by atoms with Crippen LogP contribution in [0.15, 0.2) is 29.2 Å². The monoisotopic (exact) mass is 319 g/mol. The van der Waals surface area contributed by atoms with E-state index in [0.717, 1.165) is 6.07 Å². The SMILES string of the molecule is O=C(O)C1CCN(c2ccccc2S(=O)(=O)C(F)F)CC1. The molecule has 0 bridgehead atoms. The molecule has 2 rings (SSSR count). The Morgan fingerprint density at radius 3 is 2.33 bits per heavy atom. The number of para-hydroxylation sites is 1. The number of halogens is 2. The maximum atomic E-state index is 12.7. The van der Waals surface area contributed by atoms with Gasteiger partial charge >= 0.3 is 11.7 Å². The first-order valence-corrected chi connectivity index (χ1v) is 7.97. The lowest BCUT2D eigenvalue weighted by Crippen LogP contribution is -2.37. The number of carboxylic acid groups (broad SMARTS) is 1. The lowest BCUT2D eigenvalue weighted by molar-refractivity contribution is -0.142. The van der Waals surface area contributed by atoms with Gasteiger partial charge < -0.3 is 10.0 Å². The Labute approximate surface area is 121 Å². The summed E-state index contributed by atoms with van der Waals surface area (Å²) in [5.74, 6) is -4.83. The molecule has 1 aliphatic rings. The highest BCUT2D eigenvalue weighted by Crippen LogP contribution is 2.31. The first-order chi connectivity index (χ1) is 9.84. The van der Waals surface area contributed by atoms with Crippen LogP contribution in [0.5, 0.6) is 0 Å². The number of benzene rings is 1. The average molecular weight is 319 g/mol. The van der Waals surface area contributed by atoms with Gasteiger partial charge in [0.15, 0.2) is 0 Å². The van der Waals surface area contributed by atoms with E-state index < -0.39 is 32.4 Å². The average Bonchev–Trinajstić information content (AvgIpc) is 2.47. The number of hydrogen-bond donors (Lipinski definition) is 1. The van der Waals surface area contributed by atoms with E-state index in [9.17, 15) is 22.0 Å². The van der Waals surface area contributed by atoms with Crippen molar-refractivity contribution in [2.75, 3.05) is 18.0 Å². The Hall–Kier alpha value is -1.70. The third kappa shape index (κ3) is 3.15. The molecule has 8 heteroatoms. The van der Waals surface area contributed by atoms with E-state index in [-0.39, 0.29) is 5.69 Å². The molecule has 0 radical (unpaired) electrons. The highest BCUT2D eigenvalue weighted by molar-refractivity contribution is 7.91. The van der Waals surface area contributed by atoms with E-state index in [1.54, 1.807) is 11.0 Å². The number of carboxylic acids is 1. The molecule has 1 aromatic rings. The van der Waals surface area contributed by atoms with Crippen molar-refractivity contribution in [3.05, 3.63) is 24.3 Å². The summed E-state index contributed by atoms with van der Waals surface area (Å²) in [5, 5.41) is 8.94. The number of sulfone groups is 1. The molecule has 0 aromatic heterocycles. The van der Waals surface area contributed by atoms with Crippen molar-refractivity contribution in [2.24, 2.45) is 5.92 Å². The van der Waals surface area contributed by atoms with Crippen LogP contribution in [-0.2, 0) is 14.6 Å². The number of anilines is 1. The van der Waals surface area contributed by atoms with E-state index in [2.05, 4.69) is 0 Å². The van der Waals surface area contributed by atoms with Gasteiger partial charge in [0.05, 0.1) is 16.5 Å². The minimum absolute atomic E-state index is 0.210. The van der Waals surface area contributed by atoms with E-state index in [4.69, 9.17) is 5.11 Å². The maximum absolute atomic E-state index is 12.7. The normalized spacial score (nSPS) is 17.2. The lowest BCUT2D eigenvalue weighted by Gasteiger charge is -2.33. The summed E-state index contributed by atoms with van der Waals surface area (Å²) < 4.78 is 48.9. The van der Waals surface area contributed by atoms with Crippen molar-refractivity contribution in [3.8, 4) is 0 Å². The number of nitrogens with zero attached hydrogens (tertiary/aromatic N) is 1. The van der Waals surface area contributed by atoms with Crippen LogP contribution in [0.3, 0.4) is 0 Å². The van der Waals surface area contributed by atoms with Crippen LogP contribution in [0.1, 0.15) is 12.8 Å². The first kappa shape index (κ1) is 15.7. The second-order valence-corrected chi connectivity index (χ2v) is 6.76. The second kappa shape index (κ2) is 5.97. The standard InChI is InChI=1S/C13H15F2NO4S/c14-13(15)21(19,20)11-4-2-1-3-10(11)16-7-5-9(6-8-16)12(17)18/h1-4,9,13H,5-8H2,(H,17,18). The molecule has 0 amide bonds. The van der Waals surface area contributed by atoms with Gasteiger partial charge in [0.25, 0.3) is 0 Å². The Kier molecular flexibility index (Phi) is 4.46. The number of piperidine rings is 1. The van der Waals surface area contributed by atoms with E-state index in [0.29, 0.717) is 25.9 Å². The second-order valence-electron chi connectivity index (χ2n) is 4.87. The Morgan fingerprint density at radius 2 is 1.81 bits per heavy atom. The number of aliphatic carboxylic acids is 1.